The summed E-state index contributed by atoms with van der Waals surface area (Å²) in [6.07, 6.45) is 7.43. The zero-order valence-electron chi connectivity index (χ0n) is 12.9. The first kappa shape index (κ1) is 17.2. The van der Waals surface area contributed by atoms with Gasteiger partial charge in [-0.15, -0.1) is 0 Å². The fourth-order valence-corrected chi connectivity index (χ4v) is 2.57. The van der Waals surface area contributed by atoms with Crippen LogP contribution in [-0.2, 0) is 6.54 Å². The minimum Gasteiger partial charge on any atom is -0.493 e. The Labute approximate surface area is 127 Å². The summed E-state index contributed by atoms with van der Waals surface area (Å²) < 4.78 is 10.5. The van der Waals surface area contributed by atoms with E-state index >= 15 is 0 Å². The van der Waals surface area contributed by atoms with Crippen LogP contribution >= 0.6 is 11.8 Å². The van der Waals surface area contributed by atoms with Crippen molar-refractivity contribution in [3.63, 3.8) is 0 Å². The van der Waals surface area contributed by atoms with Crippen LogP contribution in [0.2, 0.25) is 0 Å². The maximum Gasteiger partial charge on any atom is 0.161 e. The second-order valence-corrected chi connectivity index (χ2v) is 5.76. The van der Waals surface area contributed by atoms with E-state index in [0.29, 0.717) is 0 Å². The molecule has 0 saturated heterocycles. The standard InChI is InChI=1S/C16H27NO2S/c1-18-15-9-8-14(12-16(15)19-2)13-17-10-6-4-5-7-11-20-3/h8-9,12,17H,4-7,10-11,13H2,1-3H3. The quantitative estimate of drug-likeness (QED) is 0.631. The molecule has 0 saturated carbocycles. The largest absolute Gasteiger partial charge is 0.493 e. The molecule has 3 nitrogen and oxygen atoms in total. The number of thioether (sulfide) groups is 1. The summed E-state index contributed by atoms with van der Waals surface area (Å²) in [5, 5.41) is 3.48. The number of unbranched alkanes of at least 4 members (excludes halogenated alkanes) is 3. The van der Waals surface area contributed by atoms with E-state index in [9.17, 15) is 0 Å². The van der Waals surface area contributed by atoms with Crippen LogP contribution in [0.4, 0.5) is 0 Å². The molecule has 0 aromatic heterocycles. The molecule has 0 heterocycles. The molecule has 20 heavy (non-hydrogen) atoms. The van der Waals surface area contributed by atoms with Gasteiger partial charge in [0, 0.05) is 6.54 Å². The monoisotopic (exact) mass is 297 g/mol. The fraction of sp³-hybridized carbons (Fsp3) is 0.625. The third-order valence-corrected chi connectivity index (χ3v) is 3.93. The normalized spacial score (nSPS) is 10.6. The highest BCUT2D eigenvalue weighted by Gasteiger charge is 2.03. The van der Waals surface area contributed by atoms with Crippen molar-refractivity contribution in [2.75, 3.05) is 32.8 Å². The Bertz CT molecular complexity index is 371. The van der Waals surface area contributed by atoms with E-state index in [1.54, 1.807) is 14.2 Å². The van der Waals surface area contributed by atoms with E-state index in [-0.39, 0.29) is 0 Å². The second-order valence-electron chi connectivity index (χ2n) is 4.77. The summed E-state index contributed by atoms with van der Waals surface area (Å²) in [5.41, 5.74) is 1.23. The highest BCUT2D eigenvalue weighted by molar-refractivity contribution is 7.98. The number of benzene rings is 1. The molecular formula is C16H27NO2S. The van der Waals surface area contributed by atoms with Crippen molar-refractivity contribution in [1.82, 2.24) is 5.32 Å². The first-order valence-electron chi connectivity index (χ1n) is 7.22. The molecule has 0 fully saturated rings. The van der Waals surface area contributed by atoms with Crippen molar-refractivity contribution in [3.8, 4) is 11.5 Å². The molecule has 0 bridgehead atoms. The topological polar surface area (TPSA) is 30.5 Å². The molecule has 0 spiro atoms. The number of nitrogens with one attached hydrogen (secondary N) is 1. The van der Waals surface area contributed by atoms with Gasteiger partial charge in [0.15, 0.2) is 11.5 Å². The smallest absolute Gasteiger partial charge is 0.161 e. The summed E-state index contributed by atoms with van der Waals surface area (Å²) in [7, 11) is 3.33. The first-order valence-corrected chi connectivity index (χ1v) is 8.61. The SMILES string of the molecule is COc1ccc(CNCCCCCCSC)cc1OC. The summed E-state index contributed by atoms with van der Waals surface area (Å²) in [5.74, 6) is 2.87. The molecule has 1 N–H and O–H groups in total. The van der Waals surface area contributed by atoms with Gasteiger partial charge in [0.25, 0.3) is 0 Å². The van der Waals surface area contributed by atoms with Gasteiger partial charge in [0.1, 0.15) is 0 Å². The average Bonchev–Trinajstić information content (AvgIpc) is 2.49. The zero-order valence-corrected chi connectivity index (χ0v) is 13.7. The van der Waals surface area contributed by atoms with Gasteiger partial charge >= 0.3 is 0 Å². The Morgan fingerprint density at radius 2 is 1.75 bits per heavy atom. The van der Waals surface area contributed by atoms with E-state index < -0.39 is 0 Å². The highest BCUT2D eigenvalue weighted by atomic mass is 32.2. The van der Waals surface area contributed by atoms with Crippen molar-refractivity contribution in [1.29, 1.82) is 0 Å². The predicted octanol–water partition coefficient (Wildman–Crippen LogP) is 3.72. The van der Waals surface area contributed by atoms with Crippen LogP contribution in [0.5, 0.6) is 11.5 Å². The van der Waals surface area contributed by atoms with E-state index in [4.69, 9.17) is 9.47 Å². The summed E-state index contributed by atoms with van der Waals surface area (Å²) in [6, 6.07) is 6.06. The Kier molecular flexibility index (Phi) is 9.33. The van der Waals surface area contributed by atoms with Crippen LogP contribution in [0.15, 0.2) is 18.2 Å². The Morgan fingerprint density at radius 3 is 2.45 bits per heavy atom. The van der Waals surface area contributed by atoms with Crippen molar-refractivity contribution in [2.24, 2.45) is 0 Å². The first-order chi connectivity index (χ1) is 9.81. The molecule has 1 aromatic rings. The number of ether oxygens (including phenoxy) is 2. The lowest BCUT2D eigenvalue weighted by Gasteiger charge is -2.10. The molecule has 0 aliphatic carbocycles. The van der Waals surface area contributed by atoms with Crippen LogP contribution in [0.25, 0.3) is 0 Å². The Morgan fingerprint density at radius 1 is 1.00 bits per heavy atom. The number of hydrogen-bond donors (Lipinski definition) is 1. The lowest BCUT2D eigenvalue weighted by Crippen LogP contribution is -2.14. The van der Waals surface area contributed by atoms with Gasteiger partial charge in [-0.25, -0.2) is 0 Å². The number of rotatable bonds is 11. The predicted molar refractivity (Wildman–Crippen MR) is 88.1 cm³/mol. The lowest BCUT2D eigenvalue weighted by molar-refractivity contribution is 0.354. The molecule has 114 valence electrons. The van der Waals surface area contributed by atoms with Gasteiger partial charge < -0.3 is 14.8 Å². The molecular weight excluding hydrogens is 270 g/mol. The van der Waals surface area contributed by atoms with Crippen LogP contribution < -0.4 is 14.8 Å². The Hall–Kier alpha value is -0.870. The lowest BCUT2D eigenvalue weighted by atomic mass is 10.2. The Balaban J connectivity index is 2.18. The van der Waals surface area contributed by atoms with Crippen molar-refractivity contribution < 1.29 is 9.47 Å². The summed E-state index contributed by atoms with van der Waals surface area (Å²) in [6.45, 7) is 1.96. The van der Waals surface area contributed by atoms with Crippen LogP contribution in [-0.4, -0.2) is 32.8 Å². The maximum atomic E-state index is 5.30. The number of methoxy groups -OCH3 is 2. The highest BCUT2D eigenvalue weighted by Crippen LogP contribution is 2.27. The number of hydrogen-bond acceptors (Lipinski definition) is 4. The van der Waals surface area contributed by atoms with Crippen LogP contribution in [0.1, 0.15) is 31.2 Å². The molecule has 4 heteroatoms. The minimum absolute atomic E-state index is 0.782. The molecule has 0 aliphatic heterocycles. The average molecular weight is 297 g/mol. The van der Waals surface area contributed by atoms with Gasteiger partial charge in [-0.3, -0.25) is 0 Å². The van der Waals surface area contributed by atoms with Gasteiger partial charge in [0.2, 0.25) is 0 Å². The van der Waals surface area contributed by atoms with Crippen molar-refractivity contribution >= 4 is 11.8 Å². The van der Waals surface area contributed by atoms with Gasteiger partial charge in [0.05, 0.1) is 14.2 Å². The third kappa shape index (κ3) is 6.53. The second kappa shape index (κ2) is 10.9. The zero-order chi connectivity index (χ0) is 14.6. The minimum atomic E-state index is 0.782. The maximum absolute atomic E-state index is 5.30. The molecule has 0 amide bonds. The van der Waals surface area contributed by atoms with Gasteiger partial charge in [-0.1, -0.05) is 18.9 Å². The molecule has 0 radical (unpaired) electrons. The van der Waals surface area contributed by atoms with Gasteiger partial charge in [-0.05, 0) is 49.1 Å². The van der Waals surface area contributed by atoms with Crippen LogP contribution in [0.3, 0.4) is 0 Å². The summed E-state index contributed by atoms with van der Waals surface area (Å²) in [4.78, 5) is 0. The van der Waals surface area contributed by atoms with Crippen molar-refractivity contribution in [3.05, 3.63) is 23.8 Å². The molecule has 1 aromatic carbocycles. The molecule has 0 unspecified atom stereocenters. The van der Waals surface area contributed by atoms with Crippen LogP contribution in [0, 0.1) is 0 Å². The van der Waals surface area contributed by atoms with Crippen molar-refractivity contribution in [2.45, 2.75) is 32.2 Å². The fourth-order valence-electron chi connectivity index (χ4n) is 2.07. The van der Waals surface area contributed by atoms with E-state index in [1.807, 2.05) is 23.9 Å². The molecule has 0 atom stereocenters. The summed E-state index contributed by atoms with van der Waals surface area (Å²) >= 11 is 1.94. The third-order valence-electron chi connectivity index (χ3n) is 3.23. The van der Waals surface area contributed by atoms with Gasteiger partial charge in [-0.2, -0.15) is 11.8 Å². The molecule has 1 rings (SSSR count). The van der Waals surface area contributed by atoms with E-state index in [2.05, 4.69) is 17.6 Å². The van der Waals surface area contributed by atoms with E-state index in [0.717, 1.165) is 24.6 Å². The molecule has 0 aliphatic rings. The van der Waals surface area contributed by atoms with E-state index in [1.165, 1.54) is 37.0 Å².